The summed E-state index contributed by atoms with van der Waals surface area (Å²) in [6, 6.07) is 0.518. The summed E-state index contributed by atoms with van der Waals surface area (Å²) in [5.41, 5.74) is 0. The van der Waals surface area contributed by atoms with Gasteiger partial charge in [-0.2, -0.15) is 0 Å². The van der Waals surface area contributed by atoms with E-state index in [0.717, 1.165) is 0 Å². The van der Waals surface area contributed by atoms with Crippen LogP contribution in [0, 0.1) is 0 Å². The molecule has 1 saturated carbocycles. The predicted molar refractivity (Wildman–Crippen MR) is 60.1 cm³/mol. The van der Waals surface area contributed by atoms with E-state index >= 15 is 0 Å². The average Bonchev–Trinajstić information content (AvgIpc) is 2.97. The normalized spacial score (nSPS) is 15.2. The number of carbonyl (C=O) groups is 2. The number of carboxylic acid groups (broad SMARTS) is 1. The van der Waals surface area contributed by atoms with E-state index in [0.29, 0.717) is 19.0 Å². The number of nitrogens with zero attached hydrogens (tertiary/aromatic N) is 1. The van der Waals surface area contributed by atoms with Crippen LogP contribution in [0.3, 0.4) is 0 Å². The zero-order valence-corrected chi connectivity index (χ0v) is 9.90. The van der Waals surface area contributed by atoms with Crippen LogP contribution in [0.4, 0.5) is 0 Å². The van der Waals surface area contributed by atoms with Crippen LogP contribution >= 0.6 is 0 Å². The molecule has 1 amide bonds. The van der Waals surface area contributed by atoms with E-state index in [2.05, 4.69) is 5.32 Å². The first-order valence-corrected chi connectivity index (χ1v) is 5.75. The van der Waals surface area contributed by atoms with Crippen LogP contribution in [0.15, 0.2) is 0 Å². The highest BCUT2D eigenvalue weighted by molar-refractivity contribution is 5.81. The van der Waals surface area contributed by atoms with E-state index in [1.54, 1.807) is 0 Å². The monoisotopic (exact) mass is 228 g/mol. The fourth-order valence-corrected chi connectivity index (χ4v) is 1.52. The maximum Gasteiger partial charge on any atom is 0.323 e. The molecule has 0 radical (unpaired) electrons. The second-order valence-electron chi connectivity index (χ2n) is 4.49. The van der Waals surface area contributed by atoms with Crippen molar-refractivity contribution in [3.63, 3.8) is 0 Å². The van der Waals surface area contributed by atoms with Gasteiger partial charge in [0.05, 0.1) is 0 Å². The van der Waals surface area contributed by atoms with Crippen LogP contribution in [-0.2, 0) is 9.59 Å². The van der Waals surface area contributed by atoms with Gasteiger partial charge in [0.1, 0.15) is 6.54 Å². The molecule has 2 N–H and O–H groups in total. The molecule has 0 bridgehead atoms. The molecule has 0 atom stereocenters. The molecule has 0 aromatic heterocycles. The first kappa shape index (κ1) is 13.0. The molecule has 0 aromatic rings. The molecule has 1 rings (SSSR count). The van der Waals surface area contributed by atoms with Gasteiger partial charge in [-0.1, -0.05) is 0 Å². The molecular weight excluding hydrogens is 208 g/mol. The van der Waals surface area contributed by atoms with Crippen molar-refractivity contribution in [3.8, 4) is 0 Å². The molecule has 0 aliphatic heterocycles. The van der Waals surface area contributed by atoms with Crippen LogP contribution in [-0.4, -0.2) is 47.1 Å². The van der Waals surface area contributed by atoms with Crippen LogP contribution in [0.5, 0.6) is 0 Å². The van der Waals surface area contributed by atoms with Gasteiger partial charge >= 0.3 is 5.97 Å². The van der Waals surface area contributed by atoms with Crippen molar-refractivity contribution < 1.29 is 14.7 Å². The summed E-state index contributed by atoms with van der Waals surface area (Å²) in [7, 11) is 0. The number of carboxylic acids is 1. The van der Waals surface area contributed by atoms with Crippen LogP contribution in [0.25, 0.3) is 0 Å². The van der Waals surface area contributed by atoms with Crippen molar-refractivity contribution in [2.24, 2.45) is 0 Å². The molecule has 0 unspecified atom stereocenters. The molecular formula is C11H20N2O3. The smallest absolute Gasteiger partial charge is 0.323 e. The Morgan fingerprint density at radius 3 is 2.50 bits per heavy atom. The highest BCUT2D eigenvalue weighted by Crippen LogP contribution is 2.18. The number of hydrogen-bond acceptors (Lipinski definition) is 3. The summed E-state index contributed by atoms with van der Waals surface area (Å²) in [6.45, 7) is 4.09. The molecule has 0 heterocycles. The maximum atomic E-state index is 11.7. The Bertz CT molecular complexity index is 262. The van der Waals surface area contributed by atoms with Gasteiger partial charge in [-0.15, -0.1) is 0 Å². The fourth-order valence-electron chi connectivity index (χ4n) is 1.52. The third-order valence-electron chi connectivity index (χ3n) is 2.60. The van der Waals surface area contributed by atoms with Crippen molar-refractivity contribution >= 4 is 11.9 Å². The summed E-state index contributed by atoms with van der Waals surface area (Å²) in [5.74, 6) is -1.05. The van der Waals surface area contributed by atoms with Gasteiger partial charge in [0.15, 0.2) is 0 Å². The summed E-state index contributed by atoms with van der Waals surface area (Å²) in [5, 5.41) is 11.9. The zero-order chi connectivity index (χ0) is 12.1. The largest absolute Gasteiger partial charge is 0.480 e. The summed E-state index contributed by atoms with van der Waals surface area (Å²) < 4.78 is 0. The average molecular weight is 228 g/mol. The minimum absolute atomic E-state index is 0.0653. The van der Waals surface area contributed by atoms with E-state index in [1.807, 2.05) is 13.8 Å². The molecule has 0 aromatic carbocycles. The lowest BCUT2D eigenvalue weighted by Crippen LogP contribution is -2.41. The third kappa shape index (κ3) is 4.61. The van der Waals surface area contributed by atoms with Gasteiger partial charge < -0.3 is 15.3 Å². The summed E-state index contributed by atoms with van der Waals surface area (Å²) >= 11 is 0. The predicted octanol–water partition coefficient (Wildman–Crippen LogP) is 0.450. The van der Waals surface area contributed by atoms with Crippen LogP contribution in [0.1, 0.15) is 33.1 Å². The minimum atomic E-state index is -0.961. The van der Waals surface area contributed by atoms with E-state index in [4.69, 9.17) is 5.11 Å². The highest BCUT2D eigenvalue weighted by Gasteiger charge is 2.22. The number of amides is 1. The molecule has 5 heteroatoms. The number of hydrogen-bond donors (Lipinski definition) is 2. The molecule has 5 nitrogen and oxygen atoms in total. The molecule has 92 valence electrons. The van der Waals surface area contributed by atoms with E-state index < -0.39 is 5.97 Å². The van der Waals surface area contributed by atoms with Crippen LogP contribution < -0.4 is 5.32 Å². The highest BCUT2D eigenvalue weighted by atomic mass is 16.4. The van der Waals surface area contributed by atoms with Gasteiger partial charge in [0, 0.05) is 25.0 Å². The lowest BCUT2D eigenvalue weighted by molar-refractivity contribution is -0.145. The SMILES string of the molecule is CC(C)N(CC(=O)O)C(=O)CCNC1CC1. The van der Waals surface area contributed by atoms with E-state index in [9.17, 15) is 9.59 Å². The van der Waals surface area contributed by atoms with Crippen molar-refractivity contribution in [2.75, 3.05) is 13.1 Å². The first-order valence-electron chi connectivity index (χ1n) is 5.75. The van der Waals surface area contributed by atoms with Crippen molar-refractivity contribution in [2.45, 2.75) is 45.2 Å². The zero-order valence-electron chi connectivity index (χ0n) is 9.90. The lowest BCUT2D eigenvalue weighted by atomic mass is 10.2. The van der Waals surface area contributed by atoms with Gasteiger partial charge in [0.25, 0.3) is 0 Å². The molecule has 1 fully saturated rings. The molecule has 0 saturated heterocycles. The fraction of sp³-hybridized carbons (Fsp3) is 0.818. The van der Waals surface area contributed by atoms with Crippen molar-refractivity contribution in [1.82, 2.24) is 10.2 Å². The Kier molecular flexibility index (Phi) is 4.73. The Balaban J connectivity index is 2.30. The second kappa shape index (κ2) is 5.84. The quantitative estimate of drug-likeness (QED) is 0.664. The molecule has 0 spiro atoms. The Morgan fingerprint density at radius 2 is 2.06 bits per heavy atom. The molecule has 1 aliphatic rings. The Morgan fingerprint density at radius 1 is 1.44 bits per heavy atom. The standard InChI is InChI=1S/C11H20N2O3/c1-8(2)13(7-11(15)16)10(14)5-6-12-9-3-4-9/h8-9,12H,3-7H2,1-2H3,(H,15,16). The lowest BCUT2D eigenvalue weighted by Gasteiger charge is -2.24. The molecule has 1 aliphatic carbocycles. The topological polar surface area (TPSA) is 69.6 Å². The van der Waals surface area contributed by atoms with E-state index in [-0.39, 0.29) is 18.5 Å². The third-order valence-corrected chi connectivity index (χ3v) is 2.60. The molecule has 16 heavy (non-hydrogen) atoms. The van der Waals surface area contributed by atoms with Gasteiger partial charge in [-0.25, -0.2) is 0 Å². The van der Waals surface area contributed by atoms with Crippen molar-refractivity contribution in [1.29, 1.82) is 0 Å². The second-order valence-corrected chi connectivity index (χ2v) is 4.49. The van der Waals surface area contributed by atoms with Gasteiger partial charge in [0.2, 0.25) is 5.91 Å². The number of aliphatic carboxylic acids is 1. The Labute approximate surface area is 95.8 Å². The van der Waals surface area contributed by atoms with Crippen molar-refractivity contribution in [3.05, 3.63) is 0 Å². The summed E-state index contributed by atoms with van der Waals surface area (Å²) in [4.78, 5) is 23.7. The number of rotatable bonds is 7. The first-order chi connectivity index (χ1) is 7.50. The van der Waals surface area contributed by atoms with Crippen LogP contribution in [0.2, 0.25) is 0 Å². The van der Waals surface area contributed by atoms with Gasteiger partial charge in [-0.3, -0.25) is 9.59 Å². The minimum Gasteiger partial charge on any atom is -0.480 e. The Hall–Kier alpha value is -1.10. The number of nitrogens with one attached hydrogen (secondary N) is 1. The number of carbonyl (C=O) groups excluding carboxylic acids is 1. The van der Waals surface area contributed by atoms with Gasteiger partial charge in [-0.05, 0) is 26.7 Å². The summed E-state index contributed by atoms with van der Waals surface area (Å²) in [6.07, 6.45) is 2.76. The maximum absolute atomic E-state index is 11.7. The van der Waals surface area contributed by atoms with E-state index in [1.165, 1.54) is 17.7 Å².